The van der Waals surface area contributed by atoms with Crippen molar-refractivity contribution in [2.24, 2.45) is 0 Å². The summed E-state index contributed by atoms with van der Waals surface area (Å²) in [6.45, 7) is 4.16. The number of benzene rings is 2. The SMILES string of the molecule is CCCSc1nc2ccccc2c(=O)n1-c1cccc(C)c1. The Balaban J connectivity index is 2.29. The molecule has 0 saturated carbocycles. The summed E-state index contributed by atoms with van der Waals surface area (Å²) in [7, 11) is 0. The summed E-state index contributed by atoms with van der Waals surface area (Å²) in [4.78, 5) is 17.6. The lowest BCUT2D eigenvalue weighted by molar-refractivity contribution is 0.818. The number of rotatable bonds is 4. The van der Waals surface area contributed by atoms with Crippen molar-refractivity contribution in [2.75, 3.05) is 5.75 Å². The molecule has 0 atom stereocenters. The lowest BCUT2D eigenvalue weighted by Gasteiger charge is -2.13. The Morgan fingerprint density at radius 3 is 2.73 bits per heavy atom. The highest BCUT2D eigenvalue weighted by atomic mass is 32.2. The molecule has 0 aliphatic heterocycles. The average molecular weight is 310 g/mol. The first-order valence-corrected chi connectivity index (χ1v) is 8.41. The largest absolute Gasteiger partial charge is 0.268 e. The van der Waals surface area contributed by atoms with Gasteiger partial charge in [0, 0.05) is 5.75 Å². The standard InChI is InChI=1S/C18H18N2OS/c1-3-11-22-18-19-16-10-5-4-9-15(16)17(21)20(18)14-8-6-7-13(2)12-14/h4-10,12H,3,11H2,1-2H3. The van der Waals surface area contributed by atoms with Crippen molar-refractivity contribution < 1.29 is 0 Å². The smallest absolute Gasteiger partial charge is 0.266 e. The number of thioether (sulfide) groups is 1. The van der Waals surface area contributed by atoms with E-state index < -0.39 is 0 Å². The molecule has 4 heteroatoms. The topological polar surface area (TPSA) is 34.9 Å². The summed E-state index contributed by atoms with van der Waals surface area (Å²) in [5.41, 5.74) is 2.76. The van der Waals surface area contributed by atoms with Crippen LogP contribution in [0.4, 0.5) is 0 Å². The first kappa shape index (κ1) is 14.9. The molecule has 0 saturated heterocycles. The molecule has 1 heterocycles. The molecule has 3 rings (SSSR count). The van der Waals surface area contributed by atoms with Gasteiger partial charge in [0.2, 0.25) is 0 Å². The van der Waals surface area contributed by atoms with Gasteiger partial charge in [-0.05, 0) is 43.2 Å². The Bertz CT molecular complexity index is 870. The highest BCUT2D eigenvalue weighted by molar-refractivity contribution is 7.99. The van der Waals surface area contributed by atoms with Gasteiger partial charge in [0.05, 0.1) is 16.6 Å². The third kappa shape index (κ3) is 2.79. The maximum atomic E-state index is 12.9. The maximum absolute atomic E-state index is 12.9. The van der Waals surface area contributed by atoms with E-state index in [9.17, 15) is 4.79 Å². The number of fused-ring (bicyclic) bond motifs is 1. The van der Waals surface area contributed by atoms with E-state index in [1.807, 2.05) is 55.5 Å². The summed E-state index contributed by atoms with van der Waals surface area (Å²) in [6.07, 6.45) is 1.04. The Morgan fingerprint density at radius 1 is 1.14 bits per heavy atom. The third-order valence-corrected chi connectivity index (χ3v) is 4.58. The molecule has 0 N–H and O–H groups in total. The van der Waals surface area contributed by atoms with Crippen LogP contribution in [0.15, 0.2) is 58.5 Å². The molecule has 0 bridgehead atoms. The minimum absolute atomic E-state index is 0.00481. The van der Waals surface area contributed by atoms with Crippen LogP contribution >= 0.6 is 11.8 Å². The van der Waals surface area contributed by atoms with Crippen LogP contribution in [0.2, 0.25) is 0 Å². The zero-order valence-corrected chi connectivity index (χ0v) is 13.6. The van der Waals surface area contributed by atoms with Crippen LogP contribution in [-0.4, -0.2) is 15.3 Å². The van der Waals surface area contributed by atoms with Crippen LogP contribution in [0.25, 0.3) is 16.6 Å². The molecule has 0 aliphatic rings. The molecular formula is C18H18N2OS. The monoisotopic (exact) mass is 310 g/mol. The highest BCUT2D eigenvalue weighted by Crippen LogP contribution is 2.22. The molecule has 0 amide bonds. The van der Waals surface area contributed by atoms with Gasteiger partial charge in [-0.3, -0.25) is 9.36 Å². The molecule has 0 spiro atoms. The molecular weight excluding hydrogens is 292 g/mol. The van der Waals surface area contributed by atoms with Gasteiger partial charge in [-0.2, -0.15) is 0 Å². The van der Waals surface area contributed by atoms with E-state index in [1.54, 1.807) is 16.3 Å². The summed E-state index contributed by atoms with van der Waals surface area (Å²) < 4.78 is 1.73. The van der Waals surface area contributed by atoms with Crippen LogP contribution in [0.5, 0.6) is 0 Å². The van der Waals surface area contributed by atoms with E-state index in [0.29, 0.717) is 5.39 Å². The molecule has 0 radical (unpaired) electrons. The second-order valence-corrected chi connectivity index (χ2v) is 6.30. The van der Waals surface area contributed by atoms with Crippen molar-refractivity contribution in [1.82, 2.24) is 9.55 Å². The number of hydrogen-bond donors (Lipinski definition) is 0. The second kappa shape index (κ2) is 6.36. The van der Waals surface area contributed by atoms with Crippen molar-refractivity contribution in [1.29, 1.82) is 0 Å². The Labute approximate surface area is 134 Å². The molecule has 3 nitrogen and oxygen atoms in total. The lowest BCUT2D eigenvalue weighted by atomic mass is 10.2. The number of nitrogens with zero attached hydrogens (tertiary/aromatic N) is 2. The van der Waals surface area contributed by atoms with Gasteiger partial charge in [0.1, 0.15) is 0 Å². The predicted molar refractivity (Wildman–Crippen MR) is 93.1 cm³/mol. The fourth-order valence-corrected chi connectivity index (χ4v) is 3.26. The van der Waals surface area contributed by atoms with Crippen molar-refractivity contribution in [2.45, 2.75) is 25.4 Å². The summed E-state index contributed by atoms with van der Waals surface area (Å²) in [6, 6.07) is 15.5. The Hall–Kier alpha value is -2.07. The van der Waals surface area contributed by atoms with Gasteiger partial charge in [-0.25, -0.2) is 4.98 Å². The highest BCUT2D eigenvalue weighted by Gasteiger charge is 2.12. The Morgan fingerprint density at radius 2 is 1.95 bits per heavy atom. The fourth-order valence-electron chi connectivity index (χ4n) is 2.40. The molecule has 2 aromatic carbocycles. The zero-order chi connectivity index (χ0) is 15.5. The quantitative estimate of drug-likeness (QED) is 0.535. The van der Waals surface area contributed by atoms with Gasteiger partial charge in [0.15, 0.2) is 5.16 Å². The first-order chi connectivity index (χ1) is 10.7. The van der Waals surface area contributed by atoms with Gasteiger partial charge < -0.3 is 0 Å². The molecule has 22 heavy (non-hydrogen) atoms. The normalized spacial score (nSPS) is 11.0. The summed E-state index contributed by atoms with van der Waals surface area (Å²) in [5, 5.41) is 1.42. The number of hydrogen-bond acceptors (Lipinski definition) is 3. The van der Waals surface area contributed by atoms with Crippen LogP contribution in [0.1, 0.15) is 18.9 Å². The molecule has 0 aliphatic carbocycles. The molecule has 112 valence electrons. The molecule has 0 unspecified atom stereocenters. The van der Waals surface area contributed by atoms with E-state index in [2.05, 4.69) is 6.92 Å². The molecule has 0 fully saturated rings. The minimum Gasteiger partial charge on any atom is -0.268 e. The summed E-state index contributed by atoms with van der Waals surface area (Å²) >= 11 is 1.63. The van der Waals surface area contributed by atoms with Gasteiger partial charge in [-0.1, -0.05) is 43.0 Å². The molecule has 3 aromatic rings. The van der Waals surface area contributed by atoms with Crippen molar-refractivity contribution in [3.8, 4) is 5.69 Å². The third-order valence-electron chi connectivity index (χ3n) is 3.44. The lowest BCUT2D eigenvalue weighted by Crippen LogP contribution is -2.21. The van der Waals surface area contributed by atoms with E-state index in [1.165, 1.54) is 0 Å². The van der Waals surface area contributed by atoms with Crippen LogP contribution in [0.3, 0.4) is 0 Å². The van der Waals surface area contributed by atoms with E-state index in [-0.39, 0.29) is 5.56 Å². The van der Waals surface area contributed by atoms with E-state index in [4.69, 9.17) is 4.98 Å². The second-order valence-electron chi connectivity index (χ2n) is 5.24. The van der Waals surface area contributed by atoms with E-state index in [0.717, 1.165) is 34.1 Å². The minimum atomic E-state index is -0.00481. The van der Waals surface area contributed by atoms with E-state index >= 15 is 0 Å². The van der Waals surface area contributed by atoms with Gasteiger partial charge >= 0.3 is 0 Å². The van der Waals surface area contributed by atoms with Gasteiger partial charge in [-0.15, -0.1) is 0 Å². The van der Waals surface area contributed by atoms with Crippen molar-refractivity contribution >= 4 is 22.7 Å². The maximum Gasteiger partial charge on any atom is 0.266 e. The Kier molecular flexibility index (Phi) is 4.29. The predicted octanol–water partition coefficient (Wildman–Crippen LogP) is 4.20. The van der Waals surface area contributed by atoms with Crippen LogP contribution < -0.4 is 5.56 Å². The average Bonchev–Trinajstić information content (AvgIpc) is 2.53. The van der Waals surface area contributed by atoms with Crippen LogP contribution in [-0.2, 0) is 0 Å². The summed E-state index contributed by atoms with van der Waals surface area (Å²) in [5.74, 6) is 0.941. The number of para-hydroxylation sites is 1. The van der Waals surface area contributed by atoms with Gasteiger partial charge in [0.25, 0.3) is 5.56 Å². The fraction of sp³-hybridized carbons (Fsp3) is 0.222. The van der Waals surface area contributed by atoms with Crippen molar-refractivity contribution in [3.05, 3.63) is 64.4 Å². The zero-order valence-electron chi connectivity index (χ0n) is 12.7. The van der Waals surface area contributed by atoms with Crippen LogP contribution in [0, 0.1) is 6.92 Å². The first-order valence-electron chi connectivity index (χ1n) is 7.42. The van der Waals surface area contributed by atoms with Crippen molar-refractivity contribution in [3.63, 3.8) is 0 Å². The number of aryl methyl sites for hydroxylation is 1. The molecule has 1 aromatic heterocycles. The number of aromatic nitrogens is 2.